The zero-order valence-corrected chi connectivity index (χ0v) is 30.2. The van der Waals surface area contributed by atoms with E-state index in [-0.39, 0.29) is 18.8 Å². The van der Waals surface area contributed by atoms with E-state index in [4.69, 9.17) is 25.8 Å². The molecule has 0 amide bonds. The summed E-state index contributed by atoms with van der Waals surface area (Å²) in [7, 11) is 0. The highest BCUT2D eigenvalue weighted by atomic mass is 35.5. The molecule has 51 heavy (non-hydrogen) atoms. The lowest BCUT2D eigenvalue weighted by Gasteiger charge is -2.27. The summed E-state index contributed by atoms with van der Waals surface area (Å²) in [5.41, 5.74) is 8.38. The number of benzene rings is 3. The van der Waals surface area contributed by atoms with Crippen molar-refractivity contribution in [1.29, 1.82) is 5.26 Å². The molecule has 0 saturated carbocycles. The summed E-state index contributed by atoms with van der Waals surface area (Å²) in [5, 5.41) is 19.7. The van der Waals surface area contributed by atoms with Gasteiger partial charge in [-0.25, -0.2) is 0 Å². The van der Waals surface area contributed by atoms with Crippen LogP contribution >= 0.6 is 11.6 Å². The first-order chi connectivity index (χ1) is 24.9. The predicted molar refractivity (Wildman–Crippen MR) is 199 cm³/mol. The van der Waals surface area contributed by atoms with E-state index >= 15 is 0 Å². The average Bonchev–Trinajstić information content (AvgIpc) is 3.77. The van der Waals surface area contributed by atoms with Crippen LogP contribution in [0.3, 0.4) is 0 Å². The van der Waals surface area contributed by atoms with Crippen LogP contribution in [0, 0.1) is 18.3 Å². The van der Waals surface area contributed by atoms with Crippen LogP contribution in [0.1, 0.15) is 78.0 Å². The van der Waals surface area contributed by atoms with Crippen LogP contribution in [0.15, 0.2) is 67.0 Å². The quantitative estimate of drug-likeness (QED) is 0.140. The predicted octanol–water partition coefficient (Wildman–Crippen LogP) is 8.05. The van der Waals surface area contributed by atoms with Crippen LogP contribution in [0.4, 0.5) is 0 Å². The first kappa shape index (κ1) is 35.3. The zero-order chi connectivity index (χ0) is 35.2. The summed E-state index contributed by atoms with van der Waals surface area (Å²) in [6.07, 6.45) is 10.2. The fourth-order valence-corrected chi connectivity index (χ4v) is 7.99. The number of hydrogen-bond donors (Lipinski definition) is 1. The smallest absolute Gasteiger partial charge is 0.142 e. The number of aliphatic hydroxyl groups is 1. The minimum Gasteiger partial charge on any atom is -0.493 e. The van der Waals surface area contributed by atoms with Gasteiger partial charge in [-0.15, -0.1) is 0 Å². The highest BCUT2D eigenvalue weighted by Crippen LogP contribution is 2.44. The second kappa shape index (κ2) is 16.5. The second-order valence-corrected chi connectivity index (χ2v) is 14.5. The van der Waals surface area contributed by atoms with Gasteiger partial charge in [-0.3, -0.25) is 9.88 Å². The molecular formula is C42H47ClN4O4. The first-order valence-corrected chi connectivity index (χ1v) is 18.8. The molecule has 1 N–H and O–H groups in total. The van der Waals surface area contributed by atoms with Crippen molar-refractivity contribution in [2.45, 2.75) is 77.2 Å². The third-order valence-corrected chi connectivity index (χ3v) is 10.8. The standard InChI is InChI=1S/C42H47ClN4O4/c1-29-34(8-6-11-39(29)49-19-7-17-47-18-14-33(48)27-47)35-9-5-10-37-36(35)12-13-40(37)51-42-22-41(50-28-31-20-30(23-44)24-45-25-31)32(21-38(42)43)26-46-15-3-2-4-16-46/h5-6,8-11,20-22,24-25,33,40,48H,2-4,7,12-19,26-28H2,1H3/t33-,40?/m1/s1. The van der Waals surface area contributed by atoms with Crippen molar-refractivity contribution in [3.8, 4) is 34.4 Å². The lowest BCUT2D eigenvalue weighted by molar-refractivity contribution is 0.173. The molecule has 4 aromatic rings. The summed E-state index contributed by atoms with van der Waals surface area (Å²) in [4.78, 5) is 8.97. The molecule has 266 valence electrons. The second-order valence-electron chi connectivity index (χ2n) is 14.1. The van der Waals surface area contributed by atoms with Crippen molar-refractivity contribution < 1.29 is 19.3 Å². The van der Waals surface area contributed by atoms with Crippen molar-refractivity contribution in [3.05, 3.63) is 105 Å². The minimum atomic E-state index is -0.191. The molecule has 0 bridgehead atoms. The van der Waals surface area contributed by atoms with Crippen LogP contribution in [0.25, 0.3) is 11.1 Å². The largest absolute Gasteiger partial charge is 0.493 e. The number of β-amino-alcohol motifs (C(OH)–C–C–N with tert-alkyl or cyclic N) is 1. The Morgan fingerprint density at radius 3 is 2.59 bits per heavy atom. The molecule has 8 nitrogen and oxygen atoms in total. The lowest BCUT2D eigenvalue weighted by Crippen LogP contribution is -2.29. The number of likely N-dealkylation sites (tertiary alicyclic amines) is 2. The van der Waals surface area contributed by atoms with Crippen molar-refractivity contribution in [2.24, 2.45) is 0 Å². The van der Waals surface area contributed by atoms with Gasteiger partial charge in [-0.1, -0.05) is 48.4 Å². The number of ether oxygens (including phenoxy) is 3. The van der Waals surface area contributed by atoms with Crippen molar-refractivity contribution in [2.75, 3.05) is 39.3 Å². The maximum atomic E-state index is 9.82. The zero-order valence-electron chi connectivity index (χ0n) is 29.5. The number of piperidine rings is 1. The maximum Gasteiger partial charge on any atom is 0.142 e. The van der Waals surface area contributed by atoms with E-state index < -0.39 is 0 Å². The summed E-state index contributed by atoms with van der Waals surface area (Å²) >= 11 is 6.97. The molecule has 3 aromatic carbocycles. The van der Waals surface area contributed by atoms with Crippen LogP contribution in [0.2, 0.25) is 5.02 Å². The molecule has 2 atom stereocenters. The van der Waals surface area contributed by atoms with Crippen LogP contribution < -0.4 is 14.2 Å². The molecule has 2 fully saturated rings. The molecular weight excluding hydrogens is 660 g/mol. The summed E-state index contributed by atoms with van der Waals surface area (Å²) < 4.78 is 19.4. The Labute approximate surface area is 306 Å². The summed E-state index contributed by atoms with van der Waals surface area (Å²) in [6.45, 7) is 8.62. The SMILES string of the molecule is Cc1c(OCCCN2CC[C@@H](O)C2)cccc1-c1cccc2c1CCC2Oc1cc(OCc2cncc(C#N)c2)c(CN2CCCCC2)cc1Cl. The van der Waals surface area contributed by atoms with Gasteiger partial charge < -0.3 is 24.2 Å². The van der Waals surface area contributed by atoms with Gasteiger partial charge in [0.05, 0.1) is 23.3 Å². The van der Waals surface area contributed by atoms with Gasteiger partial charge >= 0.3 is 0 Å². The number of aliphatic hydroxyl groups excluding tert-OH is 1. The average molecular weight is 707 g/mol. The first-order valence-electron chi connectivity index (χ1n) is 18.4. The van der Waals surface area contributed by atoms with E-state index in [1.165, 1.54) is 41.5 Å². The van der Waals surface area contributed by atoms with Gasteiger partial charge in [-0.05, 0) is 105 Å². The molecule has 2 saturated heterocycles. The van der Waals surface area contributed by atoms with Gasteiger partial charge in [0.2, 0.25) is 0 Å². The van der Waals surface area contributed by atoms with Crippen molar-refractivity contribution in [3.63, 3.8) is 0 Å². The number of rotatable bonds is 13. The fraction of sp³-hybridized carbons (Fsp3) is 0.429. The fourth-order valence-electron chi connectivity index (χ4n) is 7.76. The van der Waals surface area contributed by atoms with Crippen molar-refractivity contribution >= 4 is 11.6 Å². The van der Waals surface area contributed by atoms with Crippen LogP contribution in [0.5, 0.6) is 17.2 Å². The Kier molecular flexibility index (Phi) is 11.4. The van der Waals surface area contributed by atoms with Crippen LogP contribution in [-0.4, -0.2) is 65.3 Å². The molecule has 2 aliphatic heterocycles. The van der Waals surface area contributed by atoms with E-state index in [0.717, 1.165) is 93.1 Å². The lowest BCUT2D eigenvalue weighted by atomic mass is 9.93. The Morgan fingerprint density at radius 2 is 1.76 bits per heavy atom. The number of hydrogen-bond acceptors (Lipinski definition) is 8. The maximum absolute atomic E-state index is 9.82. The minimum absolute atomic E-state index is 0.140. The number of pyridine rings is 1. The van der Waals surface area contributed by atoms with E-state index in [1.54, 1.807) is 12.4 Å². The van der Waals surface area contributed by atoms with E-state index in [1.807, 2.05) is 18.2 Å². The number of nitriles is 1. The van der Waals surface area contributed by atoms with Gasteiger partial charge in [0.25, 0.3) is 0 Å². The Morgan fingerprint density at radius 1 is 0.922 bits per heavy atom. The number of nitrogens with zero attached hydrogens (tertiary/aromatic N) is 4. The molecule has 0 radical (unpaired) electrons. The number of aromatic nitrogens is 1. The molecule has 3 heterocycles. The van der Waals surface area contributed by atoms with E-state index in [0.29, 0.717) is 22.9 Å². The van der Waals surface area contributed by atoms with E-state index in [9.17, 15) is 10.4 Å². The third-order valence-electron chi connectivity index (χ3n) is 10.5. The number of halogens is 1. The normalized spacial score (nSPS) is 19.1. The highest BCUT2D eigenvalue weighted by molar-refractivity contribution is 6.32. The molecule has 7 rings (SSSR count). The summed E-state index contributed by atoms with van der Waals surface area (Å²) in [5.74, 6) is 2.26. The molecule has 0 spiro atoms. The van der Waals surface area contributed by atoms with Gasteiger partial charge in [-0.2, -0.15) is 5.26 Å². The highest BCUT2D eigenvalue weighted by Gasteiger charge is 2.29. The molecule has 1 aliphatic carbocycles. The van der Waals surface area contributed by atoms with Gasteiger partial charge in [0.1, 0.15) is 36.0 Å². The molecule has 1 aromatic heterocycles. The molecule has 1 unspecified atom stereocenters. The Balaban J connectivity index is 1.08. The Hall–Kier alpha value is -4.13. The Bertz CT molecular complexity index is 1870. The summed E-state index contributed by atoms with van der Waals surface area (Å²) in [6, 6.07) is 20.7. The molecule has 3 aliphatic rings. The van der Waals surface area contributed by atoms with Gasteiger partial charge in [0.15, 0.2) is 0 Å². The van der Waals surface area contributed by atoms with E-state index in [2.05, 4.69) is 64.2 Å². The molecule has 9 heteroatoms. The van der Waals surface area contributed by atoms with Crippen LogP contribution in [-0.2, 0) is 19.6 Å². The van der Waals surface area contributed by atoms with Gasteiger partial charge in [0, 0.05) is 55.8 Å². The number of fused-ring (bicyclic) bond motifs is 1. The topological polar surface area (TPSA) is 91.1 Å². The monoisotopic (exact) mass is 706 g/mol. The van der Waals surface area contributed by atoms with Crippen molar-refractivity contribution in [1.82, 2.24) is 14.8 Å². The third kappa shape index (κ3) is 8.51.